The molecular formula is C11H9N3O2. The first-order valence-corrected chi connectivity index (χ1v) is 4.77. The quantitative estimate of drug-likeness (QED) is 0.580. The molecule has 0 aliphatic heterocycles. The Morgan fingerprint density at radius 3 is 2.88 bits per heavy atom. The Bertz CT molecular complexity index is 654. The number of rotatable bonds is 1. The van der Waals surface area contributed by atoms with Crippen molar-refractivity contribution in [1.29, 1.82) is 0 Å². The van der Waals surface area contributed by atoms with Crippen LogP contribution in [0.2, 0.25) is 0 Å². The Morgan fingerprint density at radius 2 is 2.19 bits per heavy atom. The number of H-pyrrole nitrogens is 1. The molecule has 3 rings (SSSR count). The number of phenolic OH excluding ortho intramolecular Hbond substituents is 1. The van der Waals surface area contributed by atoms with E-state index in [1.165, 1.54) is 0 Å². The molecule has 2 aromatic heterocycles. The van der Waals surface area contributed by atoms with E-state index in [0.29, 0.717) is 5.69 Å². The van der Waals surface area contributed by atoms with E-state index < -0.39 is 0 Å². The van der Waals surface area contributed by atoms with Gasteiger partial charge in [-0.1, -0.05) is 11.2 Å². The standard InChI is InChI=1S/C11H9N3O2/c12-11-5-9(14-16-11)8-4-6-7(13-8)2-1-3-10(6)15/h1-5,13,15H,12H2. The third kappa shape index (κ3) is 1.22. The van der Waals surface area contributed by atoms with Crippen LogP contribution in [0.3, 0.4) is 0 Å². The predicted molar refractivity (Wildman–Crippen MR) is 59.9 cm³/mol. The molecule has 0 saturated carbocycles. The maximum atomic E-state index is 9.65. The molecule has 1 aromatic carbocycles. The van der Waals surface area contributed by atoms with Gasteiger partial charge in [0.25, 0.3) is 0 Å². The fraction of sp³-hybridized carbons (Fsp3) is 0. The van der Waals surface area contributed by atoms with Crippen LogP contribution in [0.5, 0.6) is 5.75 Å². The Hall–Kier alpha value is -2.43. The van der Waals surface area contributed by atoms with E-state index in [9.17, 15) is 5.11 Å². The predicted octanol–water partition coefficient (Wildman–Crippen LogP) is 2.11. The van der Waals surface area contributed by atoms with Gasteiger partial charge in [-0.2, -0.15) is 0 Å². The molecule has 5 nitrogen and oxygen atoms in total. The van der Waals surface area contributed by atoms with Gasteiger partial charge >= 0.3 is 0 Å². The Labute approximate surface area is 90.5 Å². The molecule has 0 unspecified atom stereocenters. The highest BCUT2D eigenvalue weighted by atomic mass is 16.5. The van der Waals surface area contributed by atoms with Crippen LogP contribution in [-0.2, 0) is 0 Å². The Morgan fingerprint density at radius 1 is 1.31 bits per heavy atom. The van der Waals surface area contributed by atoms with Crippen LogP contribution in [0, 0.1) is 0 Å². The zero-order chi connectivity index (χ0) is 11.1. The zero-order valence-electron chi connectivity index (χ0n) is 8.27. The molecule has 2 heterocycles. The number of nitrogens with two attached hydrogens (primary N) is 1. The number of anilines is 1. The minimum absolute atomic E-state index is 0.233. The molecule has 0 aliphatic carbocycles. The zero-order valence-corrected chi connectivity index (χ0v) is 8.27. The Balaban J connectivity index is 2.22. The second kappa shape index (κ2) is 3.03. The number of nitrogen functional groups attached to an aromatic ring is 1. The van der Waals surface area contributed by atoms with Gasteiger partial charge in [0, 0.05) is 17.0 Å². The van der Waals surface area contributed by atoms with E-state index in [1.807, 2.05) is 12.1 Å². The van der Waals surface area contributed by atoms with Crippen molar-refractivity contribution in [1.82, 2.24) is 10.1 Å². The highest BCUT2D eigenvalue weighted by Crippen LogP contribution is 2.29. The van der Waals surface area contributed by atoms with Crippen molar-refractivity contribution in [3.05, 3.63) is 30.3 Å². The van der Waals surface area contributed by atoms with E-state index in [0.717, 1.165) is 16.6 Å². The minimum atomic E-state index is 0.233. The monoisotopic (exact) mass is 215 g/mol. The van der Waals surface area contributed by atoms with Gasteiger partial charge in [-0.25, -0.2) is 0 Å². The van der Waals surface area contributed by atoms with Crippen LogP contribution < -0.4 is 5.73 Å². The van der Waals surface area contributed by atoms with E-state index in [-0.39, 0.29) is 11.6 Å². The van der Waals surface area contributed by atoms with Crippen LogP contribution in [0.25, 0.3) is 22.3 Å². The summed E-state index contributed by atoms with van der Waals surface area (Å²) in [7, 11) is 0. The van der Waals surface area contributed by atoms with Gasteiger partial charge in [-0.3, -0.25) is 0 Å². The molecule has 0 aliphatic rings. The van der Waals surface area contributed by atoms with Gasteiger partial charge in [0.15, 0.2) is 0 Å². The lowest BCUT2D eigenvalue weighted by molar-refractivity contribution is 0.439. The number of nitrogens with one attached hydrogen (secondary N) is 1. The van der Waals surface area contributed by atoms with Gasteiger partial charge < -0.3 is 20.3 Å². The summed E-state index contributed by atoms with van der Waals surface area (Å²) in [5.41, 5.74) is 7.67. The van der Waals surface area contributed by atoms with Crippen molar-refractivity contribution in [3.63, 3.8) is 0 Å². The van der Waals surface area contributed by atoms with Crippen LogP contribution >= 0.6 is 0 Å². The summed E-state index contributed by atoms with van der Waals surface area (Å²) in [4.78, 5) is 3.13. The number of phenols is 1. The number of aromatic amines is 1. The van der Waals surface area contributed by atoms with Crippen molar-refractivity contribution < 1.29 is 9.63 Å². The second-order valence-electron chi connectivity index (χ2n) is 3.54. The van der Waals surface area contributed by atoms with E-state index in [4.69, 9.17) is 10.3 Å². The van der Waals surface area contributed by atoms with Crippen LogP contribution in [0.4, 0.5) is 5.88 Å². The highest BCUT2D eigenvalue weighted by Gasteiger charge is 2.09. The van der Waals surface area contributed by atoms with E-state index >= 15 is 0 Å². The lowest BCUT2D eigenvalue weighted by Gasteiger charge is -1.91. The molecule has 80 valence electrons. The van der Waals surface area contributed by atoms with Crippen molar-refractivity contribution in [2.24, 2.45) is 0 Å². The highest BCUT2D eigenvalue weighted by molar-refractivity contribution is 5.90. The minimum Gasteiger partial charge on any atom is -0.507 e. The topological polar surface area (TPSA) is 88.1 Å². The first kappa shape index (κ1) is 8.84. The van der Waals surface area contributed by atoms with E-state index in [2.05, 4.69) is 10.1 Å². The van der Waals surface area contributed by atoms with Gasteiger partial charge in [-0.05, 0) is 18.2 Å². The molecule has 0 bridgehead atoms. The van der Waals surface area contributed by atoms with Crippen molar-refractivity contribution >= 4 is 16.8 Å². The summed E-state index contributed by atoms with van der Waals surface area (Å²) < 4.78 is 4.79. The lowest BCUT2D eigenvalue weighted by atomic mass is 10.2. The smallest absolute Gasteiger partial charge is 0.222 e. The third-order valence-corrected chi connectivity index (χ3v) is 2.45. The number of nitrogens with zero attached hydrogens (tertiary/aromatic N) is 1. The Kier molecular flexibility index (Phi) is 1.67. The van der Waals surface area contributed by atoms with Gasteiger partial charge in [0.1, 0.15) is 11.4 Å². The van der Waals surface area contributed by atoms with Gasteiger partial charge in [0.05, 0.1) is 5.69 Å². The lowest BCUT2D eigenvalue weighted by Crippen LogP contribution is -1.76. The fourth-order valence-corrected chi connectivity index (χ4v) is 1.69. The molecule has 0 fully saturated rings. The van der Waals surface area contributed by atoms with Gasteiger partial charge in [-0.15, -0.1) is 0 Å². The van der Waals surface area contributed by atoms with Gasteiger partial charge in [0.2, 0.25) is 5.88 Å². The summed E-state index contributed by atoms with van der Waals surface area (Å²) in [5.74, 6) is 0.495. The summed E-state index contributed by atoms with van der Waals surface area (Å²) in [6, 6.07) is 8.72. The van der Waals surface area contributed by atoms with Crippen LogP contribution in [-0.4, -0.2) is 15.2 Å². The summed E-state index contributed by atoms with van der Waals surface area (Å²) in [6.07, 6.45) is 0. The molecule has 5 heteroatoms. The molecule has 0 amide bonds. The van der Waals surface area contributed by atoms with Crippen LogP contribution in [0.1, 0.15) is 0 Å². The van der Waals surface area contributed by atoms with Crippen LogP contribution in [0.15, 0.2) is 34.9 Å². The molecule has 0 atom stereocenters. The van der Waals surface area contributed by atoms with Crippen molar-refractivity contribution in [3.8, 4) is 17.1 Å². The second-order valence-corrected chi connectivity index (χ2v) is 3.54. The molecule has 4 N–H and O–H groups in total. The van der Waals surface area contributed by atoms with E-state index in [1.54, 1.807) is 18.2 Å². The van der Waals surface area contributed by atoms with Crippen molar-refractivity contribution in [2.45, 2.75) is 0 Å². The average Bonchev–Trinajstić information content (AvgIpc) is 2.84. The number of fused-ring (bicyclic) bond motifs is 1. The number of benzene rings is 1. The number of hydrogen-bond donors (Lipinski definition) is 3. The summed E-state index contributed by atoms with van der Waals surface area (Å²) in [5, 5.41) is 14.2. The summed E-state index contributed by atoms with van der Waals surface area (Å²) >= 11 is 0. The number of aromatic hydroxyl groups is 1. The third-order valence-electron chi connectivity index (χ3n) is 2.45. The molecular weight excluding hydrogens is 206 g/mol. The fourth-order valence-electron chi connectivity index (χ4n) is 1.69. The first-order valence-electron chi connectivity index (χ1n) is 4.77. The molecule has 3 aromatic rings. The maximum Gasteiger partial charge on any atom is 0.222 e. The largest absolute Gasteiger partial charge is 0.507 e. The van der Waals surface area contributed by atoms with Crippen molar-refractivity contribution in [2.75, 3.05) is 5.73 Å². The SMILES string of the molecule is Nc1cc(-c2cc3c(O)cccc3[nH]2)no1. The first-order chi connectivity index (χ1) is 7.74. The molecule has 0 spiro atoms. The summed E-state index contributed by atoms with van der Waals surface area (Å²) in [6.45, 7) is 0. The normalized spacial score (nSPS) is 11.0. The molecule has 16 heavy (non-hydrogen) atoms. The molecule has 0 saturated heterocycles. The molecule has 0 radical (unpaired) electrons. The maximum absolute atomic E-state index is 9.65. The number of aromatic nitrogens is 2. The number of hydrogen-bond acceptors (Lipinski definition) is 4. The average molecular weight is 215 g/mol.